The SMILES string of the molecule is O=C(C[C@H]1c2ccccc2CCN1S(=O)(=O)c1ccc(Cl)cc1)NC1CCCCCC1. The first-order chi connectivity index (χ1) is 14.9. The van der Waals surface area contributed by atoms with Gasteiger partial charge in [-0.3, -0.25) is 4.79 Å². The smallest absolute Gasteiger partial charge is 0.243 e. The second kappa shape index (κ2) is 9.72. The van der Waals surface area contributed by atoms with Crippen LogP contribution in [-0.4, -0.2) is 31.2 Å². The molecule has 0 saturated heterocycles. The van der Waals surface area contributed by atoms with Crippen molar-refractivity contribution in [3.63, 3.8) is 0 Å². The number of nitrogens with one attached hydrogen (secondary N) is 1. The van der Waals surface area contributed by atoms with Crippen LogP contribution in [-0.2, 0) is 21.2 Å². The van der Waals surface area contributed by atoms with Gasteiger partial charge in [-0.2, -0.15) is 4.31 Å². The fourth-order valence-electron chi connectivity index (χ4n) is 4.76. The summed E-state index contributed by atoms with van der Waals surface area (Å²) in [6.07, 6.45) is 7.46. The number of fused-ring (bicyclic) bond motifs is 1. The molecule has 0 aromatic heterocycles. The minimum absolute atomic E-state index is 0.0788. The van der Waals surface area contributed by atoms with Gasteiger partial charge in [0.1, 0.15) is 0 Å². The van der Waals surface area contributed by atoms with Crippen molar-refractivity contribution in [1.29, 1.82) is 0 Å². The Labute approximate surface area is 189 Å². The maximum absolute atomic E-state index is 13.5. The van der Waals surface area contributed by atoms with Crippen LogP contribution >= 0.6 is 11.6 Å². The first kappa shape index (κ1) is 22.3. The summed E-state index contributed by atoms with van der Waals surface area (Å²) in [6, 6.07) is 13.7. The van der Waals surface area contributed by atoms with Crippen LogP contribution in [0.5, 0.6) is 0 Å². The summed E-state index contributed by atoms with van der Waals surface area (Å²) in [5.41, 5.74) is 2.03. The van der Waals surface area contributed by atoms with E-state index in [0.717, 1.165) is 36.8 Å². The zero-order valence-electron chi connectivity index (χ0n) is 17.6. The third-order valence-electron chi connectivity index (χ3n) is 6.38. The van der Waals surface area contributed by atoms with E-state index >= 15 is 0 Å². The fourth-order valence-corrected chi connectivity index (χ4v) is 6.49. The van der Waals surface area contributed by atoms with Crippen molar-refractivity contribution in [2.24, 2.45) is 0 Å². The number of hydrogen-bond donors (Lipinski definition) is 1. The van der Waals surface area contributed by atoms with Crippen LogP contribution in [0.1, 0.15) is 62.1 Å². The van der Waals surface area contributed by atoms with Gasteiger partial charge in [0.25, 0.3) is 0 Å². The minimum atomic E-state index is -3.76. The molecule has 2 aromatic carbocycles. The summed E-state index contributed by atoms with van der Waals surface area (Å²) in [6.45, 7) is 0.351. The molecular weight excluding hydrogens is 432 g/mol. The predicted molar refractivity (Wildman–Crippen MR) is 122 cm³/mol. The van der Waals surface area contributed by atoms with Gasteiger partial charge in [-0.1, -0.05) is 61.5 Å². The van der Waals surface area contributed by atoms with Crippen LogP contribution in [0.2, 0.25) is 5.02 Å². The largest absolute Gasteiger partial charge is 0.353 e. The molecule has 0 bridgehead atoms. The van der Waals surface area contributed by atoms with E-state index in [-0.39, 0.29) is 23.3 Å². The zero-order chi connectivity index (χ0) is 21.8. The Morgan fingerprint density at radius 1 is 1.00 bits per heavy atom. The average molecular weight is 461 g/mol. The molecule has 1 atom stereocenters. The molecule has 31 heavy (non-hydrogen) atoms. The van der Waals surface area contributed by atoms with Gasteiger partial charge in [0.2, 0.25) is 15.9 Å². The zero-order valence-corrected chi connectivity index (χ0v) is 19.2. The summed E-state index contributed by atoms with van der Waals surface area (Å²) < 4.78 is 28.5. The second-order valence-electron chi connectivity index (χ2n) is 8.49. The van der Waals surface area contributed by atoms with Crippen molar-refractivity contribution < 1.29 is 13.2 Å². The lowest BCUT2D eigenvalue weighted by Gasteiger charge is -2.36. The first-order valence-electron chi connectivity index (χ1n) is 11.1. The lowest BCUT2D eigenvalue weighted by atomic mass is 9.92. The molecule has 7 heteroatoms. The van der Waals surface area contributed by atoms with E-state index in [1.807, 2.05) is 24.3 Å². The Kier molecular flexibility index (Phi) is 6.99. The normalized spacial score (nSPS) is 20.6. The summed E-state index contributed by atoms with van der Waals surface area (Å²) in [5, 5.41) is 3.67. The number of benzene rings is 2. The quantitative estimate of drug-likeness (QED) is 0.648. The Balaban J connectivity index is 1.60. The summed E-state index contributed by atoms with van der Waals surface area (Å²) in [4.78, 5) is 13.2. The number of halogens is 1. The highest BCUT2D eigenvalue weighted by molar-refractivity contribution is 7.89. The molecule has 1 aliphatic carbocycles. The van der Waals surface area contributed by atoms with Crippen LogP contribution in [0.25, 0.3) is 0 Å². The second-order valence-corrected chi connectivity index (χ2v) is 10.8. The van der Waals surface area contributed by atoms with Gasteiger partial charge in [-0.05, 0) is 54.7 Å². The van der Waals surface area contributed by atoms with E-state index in [2.05, 4.69) is 5.32 Å². The Morgan fingerprint density at radius 3 is 2.39 bits per heavy atom. The van der Waals surface area contributed by atoms with Gasteiger partial charge in [-0.25, -0.2) is 8.42 Å². The molecule has 1 heterocycles. The standard InChI is InChI=1S/C24H29ClN2O3S/c25-19-11-13-21(14-12-19)31(29,30)27-16-15-18-7-5-6-10-22(18)23(27)17-24(28)26-20-8-3-1-2-4-9-20/h5-7,10-14,20,23H,1-4,8-9,15-17H2,(H,26,28)/t23-/m0/s1. The molecule has 1 fully saturated rings. The monoisotopic (exact) mass is 460 g/mol. The third kappa shape index (κ3) is 5.13. The molecule has 1 N–H and O–H groups in total. The molecule has 1 saturated carbocycles. The number of rotatable bonds is 5. The number of carbonyl (C=O) groups is 1. The van der Waals surface area contributed by atoms with Crippen molar-refractivity contribution in [2.75, 3.05) is 6.54 Å². The van der Waals surface area contributed by atoms with Crippen molar-refractivity contribution in [1.82, 2.24) is 9.62 Å². The van der Waals surface area contributed by atoms with Gasteiger partial charge in [-0.15, -0.1) is 0 Å². The fraction of sp³-hybridized carbons (Fsp3) is 0.458. The van der Waals surface area contributed by atoms with Gasteiger partial charge in [0, 0.05) is 24.0 Å². The molecule has 0 spiro atoms. The third-order valence-corrected chi connectivity index (χ3v) is 8.56. The highest BCUT2D eigenvalue weighted by Gasteiger charge is 2.37. The Bertz CT molecular complexity index is 1020. The van der Waals surface area contributed by atoms with Gasteiger partial charge in [0.15, 0.2) is 0 Å². The van der Waals surface area contributed by atoms with Crippen LogP contribution < -0.4 is 5.32 Å². The molecule has 0 unspecified atom stereocenters. The molecule has 2 aromatic rings. The van der Waals surface area contributed by atoms with E-state index < -0.39 is 16.1 Å². The van der Waals surface area contributed by atoms with Gasteiger partial charge in [0.05, 0.1) is 10.9 Å². The lowest BCUT2D eigenvalue weighted by Crippen LogP contribution is -2.43. The van der Waals surface area contributed by atoms with Gasteiger partial charge < -0.3 is 5.32 Å². The van der Waals surface area contributed by atoms with Crippen molar-refractivity contribution >= 4 is 27.5 Å². The summed E-state index contributed by atoms with van der Waals surface area (Å²) in [7, 11) is -3.76. The number of carbonyl (C=O) groups excluding carboxylic acids is 1. The van der Waals surface area contributed by atoms with E-state index in [0.29, 0.717) is 18.0 Å². The van der Waals surface area contributed by atoms with E-state index in [1.165, 1.54) is 29.3 Å². The maximum atomic E-state index is 13.5. The molecule has 1 aliphatic heterocycles. The van der Waals surface area contributed by atoms with Crippen molar-refractivity contribution in [3.05, 3.63) is 64.7 Å². The molecule has 4 rings (SSSR count). The topological polar surface area (TPSA) is 66.5 Å². The molecule has 1 amide bonds. The molecule has 2 aliphatic rings. The summed E-state index contributed by atoms with van der Waals surface area (Å²) in [5.74, 6) is -0.0788. The van der Waals surface area contributed by atoms with Gasteiger partial charge >= 0.3 is 0 Å². The Hall–Kier alpha value is -1.89. The van der Waals surface area contributed by atoms with Crippen LogP contribution in [0.3, 0.4) is 0 Å². The number of amides is 1. The van der Waals surface area contributed by atoms with Crippen LogP contribution in [0.15, 0.2) is 53.4 Å². The van der Waals surface area contributed by atoms with Crippen molar-refractivity contribution in [2.45, 2.75) is 68.3 Å². The highest BCUT2D eigenvalue weighted by Crippen LogP contribution is 2.36. The number of sulfonamides is 1. The van der Waals surface area contributed by atoms with E-state index in [1.54, 1.807) is 12.1 Å². The first-order valence-corrected chi connectivity index (χ1v) is 12.9. The average Bonchev–Trinajstić information content (AvgIpc) is 3.02. The summed E-state index contributed by atoms with van der Waals surface area (Å²) >= 11 is 5.95. The maximum Gasteiger partial charge on any atom is 0.243 e. The van der Waals surface area contributed by atoms with Crippen LogP contribution in [0.4, 0.5) is 0 Å². The molecular formula is C24H29ClN2O3S. The number of nitrogens with zero attached hydrogens (tertiary/aromatic N) is 1. The van der Waals surface area contributed by atoms with E-state index in [4.69, 9.17) is 11.6 Å². The highest BCUT2D eigenvalue weighted by atomic mass is 35.5. The molecule has 5 nitrogen and oxygen atoms in total. The molecule has 0 radical (unpaired) electrons. The van der Waals surface area contributed by atoms with Crippen LogP contribution in [0, 0.1) is 0 Å². The lowest BCUT2D eigenvalue weighted by molar-refractivity contribution is -0.122. The minimum Gasteiger partial charge on any atom is -0.353 e. The van der Waals surface area contributed by atoms with E-state index in [9.17, 15) is 13.2 Å². The Morgan fingerprint density at radius 2 is 1.68 bits per heavy atom. The predicted octanol–water partition coefficient (Wildman–Crippen LogP) is 4.86. The van der Waals surface area contributed by atoms with Crippen molar-refractivity contribution in [3.8, 4) is 0 Å². The molecule has 166 valence electrons. The number of hydrogen-bond acceptors (Lipinski definition) is 3.